The molecule has 2 N–H and O–H groups in total. The Morgan fingerprint density at radius 2 is 1.83 bits per heavy atom. The van der Waals surface area contributed by atoms with E-state index in [-0.39, 0.29) is 11.9 Å². The molecule has 0 aliphatic rings. The minimum Gasteiger partial charge on any atom is -0.395 e. The molecule has 4 nitrogen and oxygen atoms in total. The molecule has 0 amide bonds. The first-order chi connectivity index (χ1) is 8.35. The lowest BCUT2D eigenvalue weighted by molar-refractivity contribution is 0.294. The Hall–Kier alpha value is -0.980. The van der Waals surface area contributed by atoms with E-state index in [0.717, 1.165) is 5.56 Å². The van der Waals surface area contributed by atoms with Crippen LogP contribution < -0.4 is 4.72 Å². The fraction of sp³-hybridized carbons (Fsp3) is 0.500. The Labute approximate surface area is 107 Å². The number of benzene rings is 1. The third-order valence-electron chi connectivity index (χ3n) is 2.61. The van der Waals surface area contributed by atoms with Crippen LogP contribution in [0.5, 0.6) is 0 Å². The molecule has 2 atom stereocenters. The van der Waals surface area contributed by atoms with Crippen LogP contribution in [0.4, 0.5) is 4.39 Å². The fourth-order valence-electron chi connectivity index (χ4n) is 1.51. The Balaban J connectivity index is 2.62. The molecular formula is C12H18FNO3S. The minimum atomic E-state index is -3.51. The molecule has 0 spiro atoms. The maximum atomic E-state index is 12.7. The first kappa shape index (κ1) is 15.1. The van der Waals surface area contributed by atoms with E-state index in [1.165, 1.54) is 19.1 Å². The van der Waals surface area contributed by atoms with Gasteiger partial charge in [-0.3, -0.25) is 0 Å². The summed E-state index contributed by atoms with van der Waals surface area (Å²) >= 11 is 0. The summed E-state index contributed by atoms with van der Waals surface area (Å²) in [6, 6.07) is 5.61. The molecule has 0 saturated heterocycles. The lowest BCUT2D eigenvalue weighted by atomic mass is 10.1. The van der Waals surface area contributed by atoms with Crippen LogP contribution in [0.1, 0.15) is 19.4 Å². The minimum absolute atomic E-state index is 0.311. The molecular weight excluding hydrogens is 257 g/mol. The third kappa shape index (κ3) is 4.36. The summed E-state index contributed by atoms with van der Waals surface area (Å²) in [6.45, 7) is 2.75. The number of hydrogen-bond donors (Lipinski definition) is 2. The van der Waals surface area contributed by atoms with E-state index >= 15 is 0 Å². The molecule has 0 fully saturated rings. The molecule has 2 unspecified atom stereocenters. The number of hydrogen-bond acceptors (Lipinski definition) is 3. The van der Waals surface area contributed by atoms with E-state index in [1.807, 2.05) is 0 Å². The van der Waals surface area contributed by atoms with Crippen molar-refractivity contribution in [3.8, 4) is 0 Å². The van der Waals surface area contributed by atoms with Gasteiger partial charge in [0.25, 0.3) is 0 Å². The molecule has 0 aliphatic carbocycles. The lowest BCUT2D eigenvalue weighted by Gasteiger charge is -2.17. The van der Waals surface area contributed by atoms with Crippen LogP contribution in [0.2, 0.25) is 0 Å². The molecule has 1 aromatic rings. The van der Waals surface area contributed by atoms with Crippen molar-refractivity contribution in [2.24, 2.45) is 0 Å². The molecule has 0 bridgehead atoms. The van der Waals surface area contributed by atoms with Crippen LogP contribution >= 0.6 is 0 Å². The van der Waals surface area contributed by atoms with E-state index < -0.39 is 21.9 Å². The van der Waals surface area contributed by atoms with E-state index in [1.54, 1.807) is 19.1 Å². The van der Waals surface area contributed by atoms with E-state index in [4.69, 9.17) is 5.11 Å². The maximum absolute atomic E-state index is 12.7. The zero-order chi connectivity index (χ0) is 13.8. The molecule has 0 heterocycles. The summed E-state index contributed by atoms with van der Waals surface area (Å²) in [5, 5.41) is 8.00. The van der Waals surface area contributed by atoms with Crippen LogP contribution in [-0.2, 0) is 16.4 Å². The molecule has 0 saturated carbocycles. The van der Waals surface area contributed by atoms with Crippen molar-refractivity contribution in [3.63, 3.8) is 0 Å². The number of nitrogens with one attached hydrogen (secondary N) is 1. The predicted molar refractivity (Wildman–Crippen MR) is 68.2 cm³/mol. The fourth-order valence-corrected chi connectivity index (χ4v) is 2.58. The van der Waals surface area contributed by atoms with Gasteiger partial charge in [-0.25, -0.2) is 17.5 Å². The molecule has 102 valence electrons. The van der Waals surface area contributed by atoms with Gasteiger partial charge in [-0.05, 0) is 38.0 Å². The lowest BCUT2D eigenvalue weighted by Crippen LogP contribution is -2.40. The Morgan fingerprint density at radius 1 is 1.28 bits per heavy atom. The first-order valence-electron chi connectivity index (χ1n) is 5.71. The van der Waals surface area contributed by atoms with Crippen molar-refractivity contribution in [1.29, 1.82) is 0 Å². The van der Waals surface area contributed by atoms with Crippen molar-refractivity contribution in [1.82, 2.24) is 4.72 Å². The van der Waals surface area contributed by atoms with Gasteiger partial charge in [-0.1, -0.05) is 12.1 Å². The van der Waals surface area contributed by atoms with Crippen LogP contribution in [0.25, 0.3) is 0 Å². The summed E-state index contributed by atoms with van der Waals surface area (Å²) in [6.07, 6.45) is 0.470. The molecule has 0 aliphatic heterocycles. The van der Waals surface area contributed by atoms with Gasteiger partial charge in [0.2, 0.25) is 10.0 Å². The van der Waals surface area contributed by atoms with Gasteiger partial charge in [0.05, 0.1) is 11.9 Å². The summed E-state index contributed by atoms with van der Waals surface area (Å²) in [7, 11) is -3.51. The highest BCUT2D eigenvalue weighted by molar-refractivity contribution is 7.90. The zero-order valence-corrected chi connectivity index (χ0v) is 11.2. The Kier molecular flexibility index (Phi) is 5.25. The topological polar surface area (TPSA) is 66.4 Å². The van der Waals surface area contributed by atoms with Gasteiger partial charge in [-0.15, -0.1) is 0 Å². The van der Waals surface area contributed by atoms with Crippen LogP contribution in [-0.4, -0.2) is 31.4 Å². The smallest absolute Gasteiger partial charge is 0.216 e. The summed E-state index contributed by atoms with van der Waals surface area (Å²) in [5.41, 5.74) is 0.850. The predicted octanol–water partition coefficient (Wildman–Crippen LogP) is 1.06. The maximum Gasteiger partial charge on any atom is 0.216 e. The second-order valence-corrected chi connectivity index (χ2v) is 6.52. The van der Waals surface area contributed by atoms with Crippen molar-refractivity contribution in [3.05, 3.63) is 35.6 Å². The molecule has 6 heteroatoms. The first-order valence-corrected chi connectivity index (χ1v) is 7.26. The monoisotopic (exact) mass is 275 g/mol. The quantitative estimate of drug-likeness (QED) is 0.815. The molecule has 1 rings (SSSR count). The van der Waals surface area contributed by atoms with Gasteiger partial charge in [0.15, 0.2) is 0 Å². The van der Waals surface area contributed by atoms with Crippen LogP contribution in [0.3, 0.4) is 0 Å². The SMILES string of the molecule is CC(Cc1ccc(F)cc1)NS(=O)(=O)C(C)CO. The van der Waals surface area contributed by atoms with Crippen LogP contribution in [0.15, 0.2) is 24.3 Å². The summed E-state index contributed by atoms with van der Waals surface area (Å²) in [4.78, 5) is 0. The van der Waals surface area contributed by atoms with Gasteiger partial charge in [0.1, 0.15) is 5.82 Å². The number of halogens is 1. The summed E-state index contributed by atoms with van der Waals surface area (Å²) in [5.74, 6) is -0.319. The normalized spacial score (nSPS) is 15.3. The number of rotatable bonds is 6. The van der Waals surface area contributed by atoms with Crippen molar-refractivity contribution in [2.45, 2.75) is 31.6 Å². The number of aliphatic hydroxyl groups excluding tert-OH is 1. The highest BCUT2D eigenvalue weighted by atomic mass is 32.2. The molecule has 0 radical (unpaired) electrons. The van der Waals surface area contributed by atoms with Gasteiger partial charge in [-0.2, -0.15) is 0 Å². The Bertz CT molecular complexity index is 473. The average Bonchev–Trinajstić information content (AvgIpc) is 2.30. The van der Waals surface area contributed by atoms with E-state index in [2.05, 4.69) is 4.72 Å². The average molecular weight is 275 g/mol. The van der Waals surface area contributed by atoms with Crippen molar-refractivity contribution in [2.75, 3.05) is 6.61 Å². The third-order valence-corrected chi connectivity index (χ3v) is 4.55. The van der Waals surface area contributed by atoms with E-state index in [0.29, 0.717) is 6.42 Å². The largest absolute Gasteiger partial charge is 0.395 e. The highest BCUT2D eigenvalue weighted by Crippen LogP contribution is 2.07. The molecule has 18 heavy (non-hydrogen) atoms. The van der Waals surface area contributed by atoms with Crippen molar-refractivity contribution < 1.29 is 17.9 Å². The Morgan fingerprint density at radius 3 is 2.33 bits per heavy atom. The zero-order valence-electron chi connectivity index (χ0n) is 10.4. The van der Waals surface area contributed by atoms with Crippen molar-refractivity contribution >= 4 is 10.0 Å². The second-order valence-electron chi connectivity index (χ2n) is 4.39. The highest BCUT2D eigenvalue weighted by Gasteiger charge is 2.21. The van der Waals surface area contributed by atoms with Gasteiger partial charge in [0, 0.05) is 6.04 Å². The second kappa shape index (κ2) is 6.26. The standard InChI is InChI=1S/C12H18FNO3S/c1-9(14-18(16,17)10(2)8-15)7-11-3-5-12(13)6-4-11/h3-6,9-10,14-15H,7-8H2,1-2H3. The molecule has 0 aromatic heterocycles. The number of sulfonamides is 1. The number of aliphatic hydroxyl groups is 1. The van der Waals surface area contributed by atoms with Gasteiger partial charge < -0.3 is 5.11 Å². The van der Waals surface area contributed by atoms with Crippen LogP contribution in [0, 0.1) is 5.82 Å². The molecule has 1 aromatic carbocycles. The summed E-state index contributed by atoms with van der Waals surface area (Å²) < 4.78 is 38.6. The van der Waals surface area contributed by atoms with Gasteiger partial charge >= 0.3 is 0 Å². The van der Waals surface area contributed by atoms with E-state index in [9.17, 15) is 12.8 Å².